The number of hydrogen-bond donors (Lipinski definition) is 3. The third-order valence-corrected chi connectivity index (χ3v) is 7.36. The number of hydrogen-bond acceptors (Lipinski definition) is 9. The smallest absolute Gasteiger partial charge is 0.303 e. The average molecular weight is 532 g/mol. The number of anilines is 2. The highest BCUT2D eigenvalue weighted by Gasteiger charge is 2.49. The summed E-state index contributed by atoms with van der Waals surface area (Å²) in [6.07, 6.45) is 0.507. The number of morpholine rings is 1. The zero-order valence-corrected chi connectivity index (χ0v) is 21.6. The first-order valence-electron chi connectivity index (χ1n) is 12.6. The highest BCUT2D eigenvalue weighted by atomic mass is 19.3. The van der Waals surface area contributed by atoms with Gasteiger partial charge in [0.1, 0.15) is 23.4 Å². The second kappa shape index (κ2) is 9.92. The van der Waals surface area contributed by atoms with Gasteiger partial charge in [0.25, 0.3) is 0 Å². The minimum atomic E-state index is -3.84. The Bertz CT molecular complexity index is 1330. The molecule has 1 aromatic carbocycles. The molecule has 2 aromatic heterocycles. The van der Waals surface area contributed by atoms with Crippen molar-refractivity contribution in [2.45, 2.75) is 44.5 Å². The zero-order chi connectivity index (χ0) is 27.2. The second-order valence-electron chi connectivity index (χ2n) is 10.4. The lowest BCUT2D eigenvalue weighted by Crippen LogP contribution is -2.58. The number of ether oxygens (including phenoxy) is 1. The van der Waals surface area contributed by atoms with Crippen molar-refractivity contribution < 1.29 is 23.0 Å². The number of nitrogens with zero attached hydrogens (tertiary/aromatic N) is 5. The highest BCUT2D eigenvalue weighted by molar-refractivity contribution is 5.94. The van der Waals surface area contributed by atoms with Crippen LogP contribution in [0, 0.1) is 12.7 Å². The minimum Gasteiger partial charge on any atom is -0.384 e. The first-order chi connectivity index (χ1) is 18.0. The van der Waals surface area contributed by atoms with Crippen molar-refractivity contribution in [3.8, 4) is 0 Å². The fourth-order valence-electron chi connectivity index (χ4n) is 4.98. The molecular formula is C26H32F3N7O2. The summed E-state index contributed by atoms with van der Waals surface area (Å²) in [7, 11) is 0. The summed E-state index contributed by atoms with van der Waals surface area (Å²) >= 11 is 0. The summed E-state index contributed by atoms with van der Waals surface area (Å²) in [6.45, 7) is 8.49. The van der Waals surface area contributed by atoms with Crippen molar-refractivity contribution in [3.05, 3.63) is 53.1 Å². The van der Waals surface area contributed by atoms with E-state index in [9.17, 15) is 13.9 Å². The minimum absolute atomic E-state index is 0.190. The number of fused-ring (bicyclic) bond motifs is 2. The van der Waals surface area contributed by atoms with Crippen LogP contribution in [-0.4, -0.2) is 76.2 Å². The van der Waals surface area contributed by atoms with Gasteiger partial charge in [0, 0.05) is 48.7 Å². The van der Waals surface area contributed by atoms with E-state index in [1.165, 1.54) is 12.1 Å². The van der Waals surface area contributed by atoms with Crippen LogP contribution in [0.15, 0.2) is 30.5 Å². The van der Waals surface area contributed by atoms with Gasteiger partial charge in [-0.1, -0.05) is 12.1 Å². The van der Waals surface area contributed by atoms with Crippen molar-refractivity contribution in [1.29, 1.82) is 0 Å². The first-order valence-corrected chi connectivity index (χ1v) is 12.6. The number of aryl methyl sites for hydroxylation is 1. The van der Waals surface area contributed by atoms with E-state index in [2.05, 4.69) is 30.3 Å². The summed E-state index contributed by atoms with van der Waals surface area (Å²) in [5.74, 6) is -4.00. The predicted octanol–water partition coefficient (Wildman–Crippen LogP) is 2.93. The van der Waals surface area contributed by atoms with Crippen molar-refractivity contribution in [2.75, 3.05) is 49.6 Å². The summed E-state index contributed by atoms with van der Waals surface area (Å²) in [5.41, 5.74) is 3.32. The standard InChI is InChI=1S/C26H32F3N7O2/c1-15-19-12-31-21(36-8-7-35-9-10-38-14-16(35)13-36)11-18(19)24(34-33-15)32-23(30)17-5-4-6-20(22(17)27)26(28,29)25(2,3)37/h4-6,11-12,16,23,37H,7-10,13-14,30H2,1-3H3,(H,32,34)/t16-,23-/m0/s1. The number of rotatable bonds is 6. The van der Waals surface area contributed by atoms with E-state index < -0.39 is 29.1 Å². The van der Waals surface area contributed by atoms with E-state index in [4.69, 9.17) is 10.5 Å². The molecule has 2 atom stereocenters. The molecule has 2 aliphatic heterocycles. The van der Waals surface area contributed by atoms with Crippen molar-refractivity contribution >= 4 is 22.4 Å². The van der Waals surface area contributed by atoms with Crippen LogP contribution in [0.1, 0.15) is 36.8 Å². The van der Waals surface area contributed by atoms with Crippen molar-refractivity contribution in [2.24, 2.45) is 5.73 Å². The monoisotopic (exact) mass is 531 g/mol. The average Bonchev–Trinajstić information content (AvgIpc) is 2.89. The molecule has 0 saturated carbocycles. The Kier molecular flexibility index (Phi) is 6.93. The Morgan fingerprint density at radius 1 is 1.18 bits per heavy atom. The van der Waals surface area contributed by atoms with E-state index in [0.717, 1.165) is 63.9 Å². The Hall–Kier alpha value is -3.06. The van der Waals surface area contributed by atoms with Crippen LogP contribution < -0.4 is 16.0 Å². The molecule has 2 saturated heterocycles. The third-order valence-electron chi connectivity index (χ3n) is 7.36. The number of piperazine rings is 1. The molecule has 5 rings (SSSR count). The fraction of sp³-hybridized carbons (Fsp3) is 0.500. The van der Waals surface area contributed by atoms with Gasteiger partial charge in [-0.3, -0.25) is 4.90 Å². The quantitative estimate of drug-likeness (QED) is 0.413. The van der Waals surface area contributed by atoms with Crippen molar-refractivity contribution in [3.63, 3.8) is 0 Å². The lowest BCUT2D eigenvalue weighted by molar-refractivity contribution is -0.170. The van der Waals surface area contributed by atoms with Crippen LogP contribution in [0.2, 0.25) is 0 Å². The topological polar surface area (TPSA) is 113 Å². The molecule has 9 nitrogen and oxygen atoms in total. The van der Waals surface area contributed by atoms with Gasteiger partial charge >= 0.3 is 5.92 Å². The molecule has 2 aliphatic rings. The van der Waals surface area contributed by atoms with Gasteiger partial charge in [-0.2, -0.15) is 13.9 Å². The Morgan fingerprint density at radius 3 is 2.74 bits per heavy atom. The molecule has 0 aliphatic carbocycles. The zero-order valence-electron chi connectivity index (χ0n) is 21.6. The third kappa shape index (κ3) is 4.77. The van der Waals surface area contributed by atoms with Gasteiger partial charge in [-0.05, 0) is 32.9 Å². The maximum atomic E-state index is 15.3. The number of alkyl halides is 2. The maximum absolute atomic E-state index is 15.3. The van der Waals surface area contributed by atoms with E-state index >= 15 is 4.39 Å². The predicted molar refractivity (Wildman–Crippen MR) is 138 cm³/mol. The molecule has 4 N–H and O–H groups in total. The molecule has 0 amide bonds. The summed E-state index contributed by atoms with van der Waals surface area (Å²) < 4.78 is 50.5. The van der Waals surface area contributed by atoms with E-state index in [0.29, 0.717) is 17.7 Å². The Morgan fingerprint density at radius 2 is 1.97 bits per heavy atom. The van der Waals surface area contributed by atoms with Gasteiger partial charge in [0.2, 0.25) is 0 Å². The maximum Gasteiger partial charge on any atom is 0.303 e. The van der Waals surface area contributed by atoms with Crippen LogP contribution >= 0.6 is 0 Å². The van der Waals surface area contributed by atoms with E-state index in [1.54, 1.807) is 13.1 Å². The van der Waals surface area contributed by atoms with E-state index in [1.807, 2.05) is 6.07 Å². The van der Waals surface area contributed by atoms with Crippen LogP contribution in [-0.2, 0) is 10.7 Å². The molecule has 0 radical (unpaired) electrons. The van der Waals surface area contributed by atoms with E-state index in [-0.39, 0.29) is 17.4 Å². The SMILES string of the molecule is Cc1nnc(N[C@H](N)c2cccc(C(F)(F)C(C)(C)O)c2F)c2cc(N3CCN4CCOC[C@@H]4C3)ncc12. The van der Waals surface area contributed by atoms with Gasteiger partial charge in [0.15, 0.2) is 5.82 Å². The largest absolute Gasteiger partial charge is 0.384 e. The summed E-state index contributed by atoms with van der Waals surface area (Å²) in [6, 6.07) is 5.72. The number of pyridine rings is 1. The molecule has 3 aromatic rings. The molecule has 4 heterocycles. The normalized spacial score (nSPS) is 19.9. The summed E-state index contributed by atoms with van der Waals surface area (Å²) in [5, 5.41) is 22.7. The first kappa shape index (κ1) is 26.5. The number of nitrogens with one attached hydrogen (secondary N) is 1. The lowest BCUT2D eigenvalue weighted by Gasteiger charge is -2.44. The van der Waals surface area contributed by atoms with Gasteiger partial charge < -0.3 is 25.8 Å². The molecule has 0 spiro atoms. The fourth-order valence-corrected chi connectivity index (χ4v) is 4.98. The number of aliphatic hydroxyl groups is 1. The second-order valence-corrected chi connectivity index (χ2v) is 10.4. The molecule has 0 bridgehead atoms. The van der Waals surface area contributed by atoms with Crippen molar-refractivity contribution in [1.82, 2.24) is 20.1 Å². The number of nitrogens with two attached hydrogens (primary N) is 1. The number of aromatic nitrogens is 3. The molecule has 2 fully saturated rings. The summed E-state index contributed by atoms with van der Waals surface area (Å²) in [4.78, 5) is 9.27. The molecule has 38 heavy (non-hydrogen) atoms. The van der Waals surface area contributed by atoms with Gasteiger partial charge in [-0.15, -0.1) is 5.10 Å². The molecule has 12 heteroatoms. The molecule has 204 valence electrons. The van der Waals surface area contributed by atoms with Gasteiger partial charge in [-0.25, -0.2) is 9.37 Å². The lowest BCUT2D eigenvalue weighted by atomic mass is 9.91. The van der Waals surface area contributed by atoms with Crippen LogP contribution in [0.5, 0.6) is 0 Å². The Labute approximate surface area is 218 Å². The number of benzene rings is 1. The molecule has 0 unspecified atom stereocenters. The highest BCUT2D eigenvalue weighted by Crippen LogP contribution is 2.41. The van der Waals surface area contributed by atoms with Crippen LogP contribution in [0.4, 0.5) is 24.8 Å². The number of halogens is 3. The van der Waals surface area contributed by atoms with Crippen LogP contribution in [0.25, 0.3) is 10.8 Å². The molecular weight excluding hydrogens is 499 g/mol. The Balaban J connectivity index is 1.45. The van der Waals surface area contributed by atoms with Gasteiger partial charge in [0.05, 0.1) is 30.5 Å². The van der Waals surface area contributed by atoms with Crippen LogP contribution in [0.3, 0.4) is 0 Å².